The fourth-order valence-corrected chi connectivity index (χ4v) is 8.60. The van der Waals surface area contributed by atoms with Gasteiger partial charge in [-0.1, -0.05) is 27.7 Å². The first-order chi connectivity index (χ1) is 20.5. The highest BCUT2D eigenvalue weighted by molar-refractivity contribution is 5.95. The number of hydrogen-bond donors (Lipinski definition) is 2. The number of anilines is 1. The SMILES string of the molecule is COc1cc(OC2C(C)(C)C(NC(=O)c3ccc(N4CCC5(CC4)CC5N4CCC(O)CC4)cc3)C2(C)C)ccc1C#N. The van der Waals surface area contributed by atoms with Gasteiger partial charge < -0.3 is 24.8 Å². The number of hydrogen-bond acceptors (Lipinski definition) is 7. The molecule has 0 bridgehead atoms. The molecule has 1 atom stereocenters. The smallest absolute Gasteiger partial charge is 0.251 e. The molecule has 1 spiro atoms. The Bertz CT molecular complexity index is 1370. The van der Waals surface area contributed by atoms with Crippen LogP contribution < -0.4 is 19.7 Å². The Hall–Kier alpha value is -3.28. The van der Waals surface area contributed by atoms with Gasteiger partial charge in [0, 0.05) is 66.4 Å². The molecule has 4 fully saturated rings. The van der Waals surface area contributed by atoms with Crippen LogP contribution in [-0.2, 0) is 0 Å². The third-order valence-electron chi connectivity index (χ3n) is 11.0. The molecule has 2 saturated carbocycles. The number of carbonyl (C=O) groups excluding carboxylic acids is 1. The van der Waals surface area contributed by atoms with Crippen molar-refractivity contribution in [3.05, 3.63) is 53.6 Å². The van der Waals surface area contributed by atoms with Crippen LogP contribution in [0.3, 0.4) is 0 Å². The first-order valence-electron chi connectivity index (χ1n) is 15.8. The van der Waals surface area contributed by atoms with E-state index in [4.69, 9.17) is 9.47 Å². The number of aliphatic hydroxyl groups excluding tert-OH is 1. The van der Waals surface area contributed by atoms with E-state index in [0.717, 1.165) is 39.0 Å². The maximum atomic E-state index is 13.4. The van der Waals surface area contributed by atoms with Crippen molar-refractivity contribution in [3.63, 3.8) is 0 Å². The van der Waals surface area contributed by atoms with E-state index in [0.29, 0.717) is 34.1 Å². The first kappa shape index (κ1) is 29.8. The molecule has 1 amide bonds. The lowest BCUT2D eigenvalue weighted by atomic mass is 9.49. The number of nitrogens with zero attached hydrogens (tertiary/aromatic N) is 3. The third kappa shape index (κ3) is 5.36. The Morgan fingerprint density at radius 2 is 1.65 bits per heavy atom. The van der Waals surface area contributed by atoms with E-state index in [-0.39, 0.29) is 35.0 Å². The molecule has 6 rings (SSSR count). The van der Waals surface area contributed by atoms with E-state index in [9.17, 15) is 15.2 Å². The van der Waals surface area contributed by atoms with E-state index in [1.807, 2.05) is 12.1 Å². The summed E-state index contributed by atoms with van der Waals surface area (Å²) in [4.78, 5) is 18.5. The number of piperidine rings is 2. The molecule has 4 aliphatic rings. The van der Waals surface area contributed by atoms with Gasteiger partial charge >= 0.3 is 0 Å². The van der Waals surface area contributed by atoms with E-state index in [1.165, 1.54) is 24.9 Å². The zero-order valence-corrected chi connectivity index (χ0v) is 26.2. The van der Waals surface area contributed by atoms with Gasteiger partial charge in [-0.3, -0.25) is 9.69 Å². The molecule has 2 heterocycles. The van der Waals surface area contributed by atoms with Crippen molar-refractivity contribution < 1.29 is 19.4 Å². The van der Waals surface area contributed by atoms with Crippen molar-refractivity contribution in [1.82, 2.24) is 10.2 Å². The van der Waals surface area contributed by atoms with Crippen LogP contribution in [0.5, 0.6) is 11.5 Å². The molecule has 2 aromatic rings. The number of ether oxygens (including phenoxy) is 2. The zero-order valence-electron chi connectivity index (χ0n) is 26.2. The highest BCUT2D eigenvalue weighted by Crippen LogP contribution is 2.58. The van der Waals surface area contributed by atoms with Gasteiger partial charge in [-0.2, -0.15) is 5.26 Å². The zero-order chi connectivity index (χ0) is 30.6. The molecule has 0 radical (unpaired) electrons. The van der Waals surface area contributed by atoms with Gasteiger partial charge in [0.05, 0.1) is 18.8 Å². The molecule has 2 aliphatic heterocycles. The molecule has 2 aliphatic carbocycles. The molecule has 8 nitrogen and oxygen atoms in total. The number of likely N-dealkylation sites (tertiary alicyclic amines) is 1. The first-order valence-corrected chi connectivity index (χ1v) is 15.8. The standard InChI is InChI=1S/C35H46N4O4/c1-33(2)31(34(3,4)32(33)43-27-11-8-24(22-36)28(20-27)42-5)37-30(41)23-6-9-25(10-7-23)38-18-14-35(15-19-38)21-29(35)39-16-12-26(40)13-17-39/h6-11,20,26,29,31-32,40H,12-19,21H2,1-5H3,(H,37,41). The van der Waals surface area contributed by atoms with E-state index in [1.54, 1.807) is 25.3 Å². The Balaban J connectivity index is 1.03. The maximum Gasteiger partial charge on any atom is 0.251 e. The summed E-state index contributed by atoms with van der Waals surface area (Å²) in [6.45, 7) is 12.7. The predicted octanol–water partition coefficient (Wildman–Crippen LogP) is 4.99. The van der Waals surface area contributed by atoms with Crippen molar-refractivity contribution in [3.8, 4) is 17.6 Å². The number of amides is 1. The Morgan fingerprint density at radius 1 is 1.00 bits per heavy atom. The van der Waals surface area contributed by atoms with Crippen LogP contribution in [0.1, 0.15) is 75.7 Å². The Kier molecular flexibility index (Phi) is 7.63. The van der Waals surface area contributed by atoms with Crippen molar-refractivity contribution >= 4 is 11.6 Å². The molecule has 2 saturated heterocycles. The lowest BCUT2D eigenvalue weighted by Gasteiger charge is -2.63. The number of rotatable bonds is 7. The highest BCUT2D eigenvalue weighted by atomic mass is 16.5. The number of aliphatic hydroxyl groups is 1. The number of benzene rings is 2. The third-order valence-corrected chi connectivity index (χ3v) is 11.0. The average Bonchev–Trinajstić information content (AvgIpc) is 3.71. The van der Waals surface area contributed by atoms with Crippen molar-refractivity contribution in [2.45, 2.75) is 84.1 Å². The molecule has 1 unspecified atom stereocenters. The summed E-state index contributed by atoms with van der Waals surface area (Å²) in [6, 6.07) is 16.1. The normalized spacial score (nSPS) is 27.6. The number of nitrogens with one attached hydrogen (secondary N) is 1. The topological polar surface area (TPSA) is 98.1 Å². The van der Waals surface area contributed by atoms with Gasteiger partial charge in [0.15, 0.2) is 0 Å². The van der Waals surface area contributed by atoms with Crippen molar-refractivity contribution in [2.75, 3.05) is 38.2 Å². The van der Waals surface area contributed by atoms with Gasteiger partial charge in [-0.05, 0) is 73.9 Å². The van der Waals surface area contributed by atoms with Gasteiger partial charge in [0.1, 0.15) is 23.7 Å². The van der Waals surface area contributed by atoms with Crippen LogP contribution in [0.15, 0.2) is 42.5 Å². The minimum absolute atomic E-state index is 0.0683. The van der Waals surface area contributed by atoms with Gasteiger partial charge in [0.2, 0.25) is 0 Å². The molecular formula is C35H46N4O4. The second-order valence-electron chi connectivity index (χ2n) is 14.4. The van der Waals surface area contributed by atoms with E-state index < -0.39 is 0 Å². The van der Waals surface area contributed by atoms with Crippen LogP contribution in [0.4, 0.5) is 5.69 Å². The molecule has 43 heavy (non-hydrogen) atoms. The van der Waals surface area contributed by atoms with Crippen LogP contribution in [-0.4, -0.2) is 73.5 Å². The molecule has 230 valence electrons. The lowest BCUT2D eigenvalue weighted by molar-refractivity contribution is -0.164. The summed E-state index contributed by atoms with van der Waals surface area (Å²) < 4.78 is 11.8. The van der Waals surface area contributed by atoms with Gasteiger partial charge in [-0.15, -0.1) is 0 Å². The molecule has 0 aromatic heterocycles. The fourth-order valence-electron chi connectivity index (χ4n) is 8.60. The Morgan fingerprint density at radius 3 is 2.26 bits per heavy atom. The highest BCUT2D eigenvalue weighted by Gasteiger charge is 2.64. The van der Waals surface area contributed by atoms with E-state index in [2.05, 4.69) is 61.0 Å². The summed E-state index contributed by atoms with van der Waals surface area (Å²) >= 11 is 0. The molecule has 2 N–H and O–H groups in total. The quantitative estimate of drug-likeness (QED) is 0.472. The minimum atomic E-state index is -0.307. The minimum Gasteiger partial charge on any atom is -0.495 e. The number of nitriles is 1. The maximum absolute atomic E-state index is 13.4. The van der Waals surface area contributed by atoms with E-state index >= 15 is 0 Å². The summed E-state index contributed by atoms with van der Waals surface area (Å²) in [5, 5.41) is 22.5. The largest absolute Gasteiger partial charge is 0.495 e. The van der Waals surface area contributed by atoms with Gasteiger partial charge in [-0.25, -0.2) is 0 Å². The second-order valence-corrected chi connectivity index (χ2v) is 14.4. The Labute approximate surface area is 256 Å². The van der Waals surface area contributed by atoms with Crippen LogP contribution in [0, 0.1) is 27.6 Å². The molecule has 8 heteroatoms. The summed E-state index contributed by atoms with van der Waals surface area (Å²) in [5.41, 5.74) is 2.17. The summed E-state index contributed by atoms with van der Waals surface area (Å²) in [7, 11) is 1.55. The number of methoxy groups -OCH3 is 1. The summed E-state index contributed by atoms with van der Waals surface area (Å²) in [6.07, 6.45) is 5.30. The second kappa shape index (κ2) is 11.0. The molecular weight excluding hydrogens is 540 g/mol. The molecule has 2 aromatic carbocycles. The van der Waals surface area contributed by atoms with Crippen molar-refractivity contribution in [1.29, 1.82) is 5.26 Å². The summed E-state index contributed by atoms with van der Waals surface area (Å²) in [5.74, 6) is 1.07. The average molecular weight is 587 g/mol. The number of carbonyl (C=O) groups is 1. The van der Waals surface area contributed by atoms with Crippen LogP contribution in [0.2, 0.25) is 0 Å². The predicted molar refractivity (Wildman–Crippen MR) is 166 cm³/mol. The van der Waals surface area contributed by atoms with Crippen LogP contribution >= 0.6 is 0 Å². The lowest BCUT2D eigenvalue weighted by Crippen LogP contribution is -2.74. The fraction of sp³-hybridized carbons (Fsp3) is 0.600. The monoisotopic (exact) mass is 586 g/mol. The van der Waals surface area contributed by atoms with Crippen molar-refractivity contribution in [2.24, 2.45) is 16.2 Å². The van der Waals surface area contributed by atoms with Gasteiger partial charge in [0.25, 0.3) is 5.91 Å². The van der Waals surface area contributed by atoms with Crippen LogP contribution in [0.25, 0.3) is 0 Å².